The minimum atomic E-state index is -1.66. The fourth-order valence-corrected chi connectivity index (χ4v) is 2.40. The normalized spacial score (nSPS) is 10.7. The van der Waals surface area contributed by atoms with E-state index in [1.165, 1.54) is 0 Å². The molecule has 0 bridgehead atoms. The van der Waals surface area contributed by atoms with E-state index in [-0.39, 0.29) is 0 Å². The van der Waals surface area contributed by atoms with Gasteiger partial charge in [-0.1, -0.05) is 11.6 Å². The lowest BCUT2D eigenvalue weighted by Gasteiger charge is -2.10. The molecule has 4 nitrogen and oxygen atoms in total. The highest BCUT2D eigenvalue weighted by atomic mass is 35.5. The molecule has 25 heavy (non-hydrogen) atoms. The molecule has 3 aromatic rings. The van der Waals surface area contributed by atoms with Crippen molar-refractivity contribution in [3.05, 3.63) is 65.1 Å². The predicted molar refractivity (Wildman–Crippen MR) is 87.2 cm³/mol. The zero-order valence-corrected chi connectivity index (χ0v) is 13.3. The van der Waals surface area contributed by atoms with Gasteiger partial charge in [-0.2, -0.15) is 0 Å². The number of rotatable bonds is 4. The van der Waals surface area contributed by atoms with Gasteiger partial charge in [0, 0.05) is 11.6 Å². The summed E-state index contributed by atoms with van der Waals surface area (Å²) in [6, 6.07) is 8.22. The van der Waals surface area contributed by atoms with E-state index in [0.29, 0.717) is 27.7 Å². The van der Waals surface area contributed by atoms with Crippen molar-refractivity contribution in [3.8, 4) is 5.75 Å². The molecule has 1 amide bonds. The highest BCUT2D eigenvalue weighted by Crippen LogP contribution is 2.29. The monoisotopic (exact) mass is 366 g/mol. The van der Waals surface area contributed by atoms with Gasteiger partial charge in [-0.3, -0.25) is 9.78 Å². The van der Waals surface area contributed by atoms with Gasteiger partial charge in [0.2, 0.25) is 0 Å². The van der Waals surface area contributed by atoms with Gasteiger partial charge in [0.25, 0.3) is 5.91 Å². The van der Waals surface area contributed by atoms with Crippen molar-refractivity contribution in [1.82, 2.24) is 4.98 Å². The van der Waals surface area contributed by atoms with E-state index < -0.39 is 35.7 Å². The van der Waals surface area contributed by atoms with Crippen LogP contribution in [0.4, 0.5) is 18.9 Å². The van der Waals surface area contributed by atoms with Crippen molar-refractivity contribution in [1.29, 1.82) is 0 Å². The molecule has 8 heteroatoms. The highest BCUT2D eigenvalue weighted by molar-refractivity contribution is 6.35. The zero-order chi connectivity index (χ0) is 18.0. The number of nitrogens with one attached hydrogen (secondary N) is 1. The van der Waals surface area contributed by atoms with Gasteiger partial charge in [-0.15, -0.1) is 0 Å². The molecule has 0 aliphatic rings. The predicted octanol–water partition coefficient (Wildman–Crippen LogP) is 4.32. The number of hydrogen-bond donors (Lipinski definition) is 1. The summed E-state index contributed by atoms with van der Waals surface area (Å²) in [6.07, 6.45) is 1.54. The summed E-state index contributed by atoms with van der Waals surface area (Å²) in [7, 11) is 0. The molecule has 0 saturated heterocycles. The van der Waals surface area contributed by atoms with Crippen molar-refractivity contribution in [2.45, 2.75) is 0 Å². The van der Waals surface area contributed by atoms with Crippen LogP contribution in [0.25, 0.3) is 10.9 Å². The van der Waals surface area contributed by atoms with E-state index in [1.807, 2.05) is 0 Å². The van der Waals surface area contributed by atoms with Gasteiger partial charge in [0.1, 0.15) is 11.3 Å². The summed E-state index contributed by atoms with van der Waals surface area (Å²) in [6.45, 7) is -0.480. The lowest BCUT2D eigenvalue weighted by Crippen LogP contribution is -2.21. The third-order valence-corrected chi connectivity index (χ3v) is 3.68. The molecule has 0 unspecified atom stereocenters. The van der Waals surface area contributed by atoms with Crippen molar-refractivity contribution < 1.29 is 22.7 Å². The van der Waals surface area contributed by atoms with Crippen LogP contribution in [0.15, 0.2) is 42.6 Å². The van der Waals surface area contributed by atoms with E-state index in [0.717, 1.165) is 6.07 Å². The van der Waals surface area contributed by atoms with Gasteiger partial charge in [0.15, 0.2) is 24.1 Å². The first-order chi connectivity index (χ1) is 12.0. The molecule has 0 radical (unpaired) electrons. The SMILES string of the molecule is O=C(COc1ccc(Cl)c2cccnc12)Nc1ccc(F)c(F)c1F. The number of carbonyl (C=O) groups is 1. The molecule has 0 aliphatic heterocycles. The number of aromatic nitrogens is 1. The Morgan fingerprint density at radius 3 is 2.72 bits per heavy atom. The molecule has 1 heterocycles. The number of halogens is 4. The third-order valence-electron chi connectivity index (χ3n) is 3.35. The number of amides is 1. The molecule has 3 rings (SSSR count). The fourth-order valence-electron chi connectivity index (χ4n) is 2.18. The zero-order valence-electron chi connectivity index (χ0n) is 12.5. The van der Waals surface area contributed by atoms with Crippen LogP contribution in [0, 0.1) is 17.5 Å². The minimum Gasteiger partial charge on any atom is -0.481 e. The summed E-state index contributed by atoms with van der Waals surface area (Å²) < 4.78 is 45.0. The number of carbonyl (C=O) groups excluding carboxylic acids is 1. The first-order valence-corrected chi connectivity index (χ1v) is 7.44. The van der Waals surface area contributed by atoms with Crippen molar-refractivity contribution >= 4 is 34.1 Å². The third kappa shape index (κ3) is 3.51. The van der Waals surface area contributed by atoms with E-state index in [4.69, 9.17) is 16.3 Å². The van der Waals surface area contributed by atoms with Crippen LogP contribution >= 0.6 is 11.6 Å². The van der Waals surface area contributed by atoms with E-state index in [1.54, 1.807) is 30.5 Å². The summed E-state index contributed by atoms with van der Waals surface area (Å²) in [5.41, 5.74) is -0.0200. The molecule has 0 spiro atoms. The lowest BCUT2D eigenvalue weighted by atomic mass is 10.2. The summed E-state index contributed by atoms with van der Waals surface area (Å²) >= 11 is 6.06. The second-order valence-corrected chi connectivity index (χ2v) is 5.41. The van der Waals surface area contributed by atoms with E-state index in [2.05, 4.69) is 10.3 Å². The fraction of sp³-hybridized carbons (Fsp3) is 0.0588. The molecule has 1 N–H and O–H groups in total. The quantitative estimate of drug-likeness (QED) is 0.699. The van der Waals surface area contributed by atoms with E-state index >= 15 is 0 Å². The van der Waals surface area contributed by atoms with Crippen molar-refractivity contribution in [3.63, 3.8) is 0 Å². The smallest absolute Gasteiger partial charge is 0.262 e. The van der Waals surface area contributed by atoms with Crippen LogP contribution in [0.2, 0.25) is 5.02 Å². The molecule has 0 atom stereocenters. The van der Waals surface area contributed by atoms with E-state index in [9.17, 15) is 18.0 Å². The summed E-state index contributed by atoms with van der Waals surface area (Å²) in [5, 5.41) is 3.24. The Labute approximate surface area is 145 Å². The number of nitrogens with zero attached hydrogens (tertiary/aromatic N) is 1. The lowest BCUT2D eigenvalue weighted by molar-refractivity contribution is -0.118. The Kier molecular flexibility index (Phi) is 4.76. The highest BCUT2D eigenvalue weighted by Gasteiger charge is 2.16. The molecule has 0 fully saturated rings. The van der Waals surface area contributed by atoms with Crippen LogP contribution < -0.4 is 10.1 Å². The van der Waals surface area contributed by atoms with Gasteiger partial charge in [-0.05, 0) is 36.4 Å². The molecular formula is C17H10ClF3N2O2. The molecule has 1 aromatic heterocycles. The van der Waals surface area contributed by atoms with Gasteiger partial charge < -0.3 is 10.1 Å². The Bertz CT molecular complexity index is 966. The standard InChI is InChI=1S/C17H10ClF3N2O2/c18-10-3-6-13(17-9(10)2-1-7-22-17)25-8-14(24)23-12-5-4-11(19)15(20)16(12)21/h1-7H,8H2,(H,23,24). The second-order valence-electron chi connectivity index (χ2n) is 5.00. The number of ether oxygens (including phenoxy) is 1. The van der Waals surface area contributed by atoms with Crippen molar-refractivity contribution in [2.24, 2.45) is 0 Å². The van der Waals surface area contributed by atoms with Crippen LogP contribution in [0.3, 0.4) is 0 Å². The number of anilines is 1. The molecule has 0 aliphatic carbocycles. The van der Waals surface area contributed by atoms with Crippen molar-refractivity contribution in [2.75, 3.05) is 11.9 Å². The Hall–Kier alpha value is -2.80. The maximum absolute atomic E-state index is 13.5. The number of benzene rings is 2. The van der Waals surface area contributed by atoms with Crippen LogP contribution in [0.1, 0.15) is 0 Å². The Morgan fingerprint density at radius 2 is 1.92 bits per heavy atom. The topological polar surface area (TPSA) is 51.2 Å². The average molecular weight is 367 g/mol. The van der Waals surface area contributed by atoms with Gasteiger partial charge in [0.05, 0.1) is 10.7 Å². The average Bonchev–Trinajstić information content (AvgIpc) is 2.62. The number of pyridine rings is 1. The molecular weight excluding hydrogens is 357 g/mol. The summed E-state index contributed by atoms with van der Waals surface area (Å²) in [4.78, 5) is 16.0. The van der Waals surface area contributed by atoms with Crippen LogP contribution in [-0.4, -0.2) is 17.5 Å². The second kappa shape index (κ2) is 6.98. The largest absolute Gasteiger partial charge is 0.481 e. The molecule has 128 valence electrons. The Morgan fingerprint density at radius 1 is 1.12 bits per heavy atom. The number of hydrogen-bond acceptors (Lipinski definition) is 3. The maximum atomic E-state index is 13.5. The summed E-state index contributed by atoms with van der Waals surface area (Å²) in [5.74, 6) is -4.92. The molecule has 2 aromatic carbocycles. The van der Waals surface area contributed by atoms with Crippen LogP contribution in [0.5, 0.6) is 5.75 Å². The first kappa shape index (κ1) is 17.0. The van der Waals surface area contributed by atoms with Crippen LogP contribution in [-0.2, 0) is 4.79 Å². The maximum Gasteiger partial charge on any atom is 0.262 e. The first-order valence-electron chi connectivity index (χ1n) is 7.06. The number of fused-ring (bicyclic) bond motifs is 1. The van der Waals surface area contributed by atoms with Gasteiger partial charge in [-0.25, -0.2) is 13.2 Å². The minimum absolute atomic E-state index is 0.306. The van der Waals surface area contributed by atoms with Gasteiger partial charge >= 0.3 is 0 Å². The molecule has 0 saturated carbocycles. The Balaban J connectivity index is 1.73.